The zero-order valence-corrected chi connectivity index (χ0v) is 25.4. The van der Waals surface area contributed by atoms with Gasteiger partial charge in [-0.05, 0) is 25.7 Å². The van der Waals surface area contributed by atoms with Gasteiger partial charge in [0.15, 0.2) is 0 Å². The lowest BCUT2D eigenvalue weighted by Gasteiger charge is -2.35. The summed E-state index contributed by atoms with van der Waals surface area (Å²) in [5, 5.41) is 0. The standard InChI is InChI=1S/C34H70O/c1-5-9-13-17-21-25-29-33-35-34(30-26-22-18-14-10-6-2,31-27-23-19-15-11-7-3)32-28-24-20-16-12-8-4/h5-33H2,1-4H3. The molecule has 0 amide bonds. The van der Waals surface area contributed by atoms with E-state index >= 15 is 0 Å². The first-order valence-electron chi connectivity index (χ1n) is 16.9. The molecule has 0 atom stereocenters. The van der Waals surface area contributed by atoms with Crippen molar-refractivity contribution in [2.24, 2.45) is 0 Å². The van der Waals surface area contributed by atoms with Crippen LogP contribution >= 0.6 is 0 Å². The van der Waals surface area contributed by atoms with Gasteiger partial charge in [0.2, 0.25) is 0 Å². The molecule has 0 saturated carbocycles. The van der Waals surface area contributed by atoms with Gasteiger partial charge in [0.25, 0.3) is 0 Å². The topological polar surface area (TPSA) is 9.23 Å². The molecule has 0 bridgehead atoms. The zero-order valence-electron chi connectivity index (χ0n) is 25.4. The molecule has 212 valence electrons. The van der Waals surface area contributed by atoms with Crippen LogP contribution in [0.25, 0.3) is 0 Å². The number of hydrogen-bond donors (Lipinski definition) is 0. The van der Waals surface area contributed by atoms with Crippen LogP contribution in [0.5, 0.6) is 0 Å². The van der Waals surface area contributed by atoms with Gasteiger partial charge in [0.05, 0.1) is 5.60 Å². The highest BCUT2D eigenvalue weighted by atomic mass is 16.5. The van der Waals surface area contributed by atoms with Crippen molar-refractivity contribution in [1.82, 2.24) is 0 Å². The molecule has 0 fully saturated rings. The van der Waals surface area contributed by atoms with Crippen molar-refractivity contribution in [1.29, 1.82) is 0 Å². The highest BCUT2D eigenvalue weighted by Gasteiger charge is 2.29. The summed E-state index contributed by atoms with van der Waals surface area (Å²) in [6.45, 7) is 10.3. The Morgan fingerprint density at radius 2 is 0.571 bits per heavy atom. The quantitative estimate of drug-likeness (QED) is 0.0902. The van der Waals surface area contributed by atoms with E-state index in [4.69, 9.17) is 4.74 Å². The van der Waals surface area contributed by atoms with Crippen LogP contribution in [0.1, 0.15) is 207 Å². The van der Waals surface area contributed by atoms with Crippen molar-refractivity contribution in [3.63, 3.8) is 0 Å². The van der Waals surface area contributed by atoms with Gasteiger partial charge in [-0.2, -0.15) is 0 Å². The molecule has 0 aromatic rings. The van der Waals surface area contributed by atoms with Gasteiger partial charge >= 0.3 is 0 Å². The lowest BCUT2D eigenvalue weighted by Crippen LogP contribution is -2.33. The lowest BCUT2D eigenvalue weighted by molar-refractivity contribution is -0.0694. The van der Waals surface area contributed by atoms with Crippen LogP contribution in [0.15, 0.2) is 0 Å². The molecule has 0 N–H and O–H groups in total. The van der Waals surface area contributed by atoms with Crippen LogP contribution in [0.4, 0.5) is 0 Å². The molecule has 0 unspecified atom stereocenters. The van der Waals surface area contributed by atoms with Crippen LogP contribution < -0.4 is 0 Å². The largest absolute Gasteiger partial charge is 0.375 e. The van der Waals surface area contributed by atoms with Crippen molar-refractivity contribution in [3.05, 3.63) is 0 Å². The third-order valence-electron chi connectivity index (χ3n) is 8.11. The van der Waals surface area contributed by atoms with Gasteiger partial charge in [-0.25, -0.2) is 0 Å². The highest BCUT2D eigenvalue weighted by molar-refractivity contribution is 4.81. The summed E-state index contributed by atoms with van der Waals surface area (Å²) in [4.78, 5) is 0. The molecule has 1 nitrogen and oxygen atoms in total. The first-order chi connectivity index (χ1) is 17.2. The number of rotatable bonds is 30. The molecule has 0 aliphatic heterocycles. The molecule has 35 heavy (non-hydrogen) atoms. The monoisotopic (exact) mass is 495 g/mol. The molecule has 0 spiro atoms. The predicted octanol–water partition coefficient (Wildman–Crippen LogP) is 12.7. The second-order valence-corrected chi connectivity index (χ2v) is 11.7. The predicted molar refractivity (Wildman–Crippen MR) is 161 cm³/mol. The van der Waals surface area contributed by atoms with E-state index in [2.05, 4.69) is 27.7 Å². The Kier molecular flexibility index (Phi) is 28.5. The minimum absolute atomic E-state index is 0.183. The van der Waals surface area contributed by atoms with E-state index < -0.39 is 0 Å². The first-order valence-corrected chi connectivity index (χ1v) is 16.9. The van der Waals surface area contributed by atoms with E-state index in [1.165, 1.54) is 180 Å². The highest BCUT2D eigenvalue weighted by Crippen LogP contribution is 2.33. The molecular formula is C34H70O. The Hall–Kier alpha value is -0.0400. The molecular weight excluding hydrogens is 424 g/mol. The van der Waals surface area contributed by atoms with Crippen molar-refractivity contribution in [3.8, 4) is 0 Å². The van der Waals surface area contributed by atoms with Crippen LogP contribution in [0, 0.1) is 0 Å². The third-order valence-corrected chi connectivity index (χ3v) is 8.11. The number of ether oxygens (including phenoxy) is 1. The van der Waals surface area contributed by atoms with Crippen LogP contribution in [0.3, 0.4) is 0 Å². The van der Waals surface area contributed by atoms with E-state index in [1.807, 2.05) is 0 Å². The van der Waals surface area contributed by atoms with E-state index in [-0.39, 0.29) is 5.60 Å². The summed E-state index contributed by atoms with van der Waals surface area (Å²) in [5.74, 6) is 0. The van der Waals surface area contributed by atoms with Crippen molar-refractivity contribution in [2.45, 2.75) is 213 Å². The average molecular weight is 495 g/mol. The van der Waals surface area contributed by atoms with Crippen LogP contribution in [-0.4, -0.2) is 12.2 Å². The average Bonchev–Trinajstić information content (AvgIpc) is 2.87. The first kappa shape index (κ1) is 35.0. The van der Waals surface area contributed by atoms with Crippen molar-refractivity contribution in [2.75, 3.05) is 6.61 Å². The van der Waals surface area contributed by atoms with Gasteiger partial charge in [0, 0.05) is 6.61 Å². The molecule has 0 aliphatic carbocycles. The molecule has 0 rings (SSSR count). The third kappa shape index (κ3) is 24.1. The maximum absolute atomic E-state index is 6.94. The van der Waals surface area contributed by atoms with E-state index in [9.17, 15) is 0 Å². The van der Waals surface area contributed by atoms with Gasteiger partial charge in [-0.3, -0.25) is 0 Å². The summed E-state index contributed by atoms with van der Waals surface area (Å²) in [6.07, 6.45) is 38.8. The summed E-state index contributed by atoms with van der Waals surface area (Å²) in [5.41, 5.74) is 0.183. The SMILES string of the molecule is CCCCCCCCCOC(CCCCCCCC)(CCCCCCCC)CCCCCCCC. The van der Waals surface area contributed by atoms with E-state index in [0.717, 1.165) is 6.61 Å². The number of unbranched alkanes of at least 4 members (excludes halogenated alkanes) is 21. The summed E-state index contributed by atoms with van der Waals surface area (Å²) < 4.78 is 6.94. The van der Waals surface area contributed by atoms with E-state index in [0.29, 0.717) is 0 Å². The van der Waals surface area contributed by atoms with Gasteiger partial charge in [-0.1, -0.05) is 182 Å². The fourth-order valence-electron chi connectivity index (χ4n) is 5.62. The molecule has 0 radical (unpaired) electrons. The Morgan fingerprint density at radius 1 is 0.314 bits per heavy atom. The van der Waals surface area contributed by atoms with Crippen LogP contribution in [0.2, 0.25) is 0 Å². The fraction of sp³-hybridized carbons (Fsp3) is 1.00. The normalized spacial score (nSPS) is 12.0. The van der Waals surface area contributed by atoms with Crippen molar-refractivity contribution >= 4 is 0 Å². The Labute approximate surface area is 224 Å². The molecule has 1 heteroatoms. The summed E-state index contributed by atoms with van der Waals surface area (Å²) in [6, 6.07) is 0. The smallest absolute Gasteiger partial charge is 0.0682 e. The Bertz CT molecular complexity index is 336. The van der Waals surface area contributed by atoms with Crippen LogP contribution in [-0.2, 0) is 4.74 Å². The molecule has 0 aromatic heterocycles. The second kappa shape index (κ2) is 28.5. The van der Waals surface area contributed by atoms with Gasteiger partial charge in [-0.15, -0.1) is 0 Å². The molecule has 0 aromatic carbocycles. The maximum Gasteiger partial charge on any atom is 0.0682 e. The molecule has 0 heterocycles. The fourth-order valence-corrected chi connectivity index (χ4v) is 5.62. The minimum atomic E-state index is 0.183. The molecule has 0 aliphatic rings. The van der Waals surface area contributed by atoms with Gasteiger partial charge in [0.1, 0.15) is 0 Å². The Morgan fingerprint density at radius 3 is 0.886 bits per heavy atom. The van der Waals surface area contributed by atoms with Crippen molar-refractivity contribution < 1.29 is 4.74 Å². The minimum Gasteiger partial charge on any atom is -0.375 e. The number of hydrogen-bond acceptors (Lipinski definition) is 1. The Balaban J connectivity index is 4.74. The lowest BCUT2D eigenvalue weighted by atomic mass is 9.84. The van der Waals surface area contributed by atoms with Gasteiger partial charge < -0.3 is 4.74 Å². The second-order valence-electron chi connectivity index (χ2n) is 11.7. The zero-order chi connectivity index (χ0) is 25.7. The maximum atomic E-state index is 6.94. The summed E-state index contributed by atoms with van der Waals surface area (Å²) >= 11 is 0. The molecule has 0 saturated heterocycles. The summed E-state index contributed by atoms with van der Waals surface area (Å²) in [7, 11) is 0. The van der Waals surface area contributed by atoms with E-state index in [1.54, 1.807) is 0 Å².